The molecule has 0 amide bonds. The molecule has 1 heterocycles. The molecule has 0 radical (unpaired) electrons. The van der Waals surface area contributed by atoms with Crippen LogP contribution in [0.5, 0.6) is 0 Å². The van der Waals surface area contributed by atoms with E-state index in [-0.39, 0.29) is 34.6 Å². The monoisotopic (exact) mass is 333 g/mol. The van der Waals surface area contributed by atoms with Gasteiger partial charge < -0.3 is 5.32 Å². The molecule has 9 heteroatoms. The van der Waals surface area contributed by atoms with Crippen molar-refractivity contribution in [2.45, 2.75) is 17.9 Å². The quantitative estimate of drug-likeness (QED) is 0.627. The van der Waals surface area contributed by atoms with E-state index in [1.807, 2.05) is 0 Å². The molecular weight excluding hydrogens is 318 g/mol. The van der Waals surface area contributed by atoms with Gasteiger partial charge in [-0.2, -0.15) is 0 Å². The molecule has 2 N–H and O–H groups in total. The summed E-state index contributed by atoms with van der Waals surface area (Å²) in [6, 6.07) is 4.07. The molecule has 1 aliphatic carbocycles. The van der Waals surface area contributed by atoms with E-state index in [0.717, 1.165) is 13.1 Å². The summed E-state index contributed by atoms with van der Waals surface area (Å²) in [7, 11) is -3.71. The van der Waals surface area contributed by atoms with Gasteiger partial charge in [-0.05, 0) is 37.9 Å². The lowest BCUT2D eigenvalue weighted by Crippen LogP contribution is -2.33. The number of benzene rings is 1. The molecule has 0 bridgehead atoms. The van der Waals surface area contributed by atoms with E-state index in [9.17, 15) is 18.5 Å². The number of nitro groups is 1. The molecule has 7 nitrogen and oxygen atoms in total. The lowest BCUT2D eigenvalue weighted by molar-refractivity contribution is -0.385. The predicted molar refractivity (Wildman–Crippen MR) is 79.0 cm³/mol. The van der Waals surface area contributed by atoms with E-state index >= 15 is 0 Å². The van der Waals surface area contributed by atoms with E-state index in [1.165, 1.54) is 25.1 Å². The van der Waals surface area contributed by atoms with Crippen LogP contribution in [0, 0.1) is 28.9 Å². The summed E-state index contributed by atoms with van der Waals surface area (Å²) < 4.78 is 27.4. The van der Waals surface area contributed by atoms with Crippen molar-refractivity contribution in [1.82, 2.24) is 10.0 Å². The van der Waals surface area contributed by atoms with Crippen LogP contribution in [0.15, 0.2) is 23.1 Å². The highest BCUT2D eigenvalue weighted by Gasteiger charge is 2.54. The molecule has 2 fully saturated rings. The number of piperidine rings is 1. The van der Waals surface area contributed by atoms with Crippen LogP contribution in [0.3, 0.4) is 0 Å². The van der Waals surface area contributed by atoms with E-state index in [4.69, 9.17) is 0 Å². The second kappa shape index (κ2) is 5.53. The standard InChI is InChI=1S/C12H15N3O4S.ClH/c1-7-10(15(16)17)3-2-4-11(7)20(18,19)14-12-8-5-13-6-9(8)12;/h2-4,8-9,12-14H,5-6H2,1H3;1H. The number of sulfonamides is 1. The Hall–Kier alpha value is -1.22. The van der Waals surface area contributed by atoms with Crippen molar-refractivity contribution in [1.29, 1.82) is 0 Å². The van der Waals surface area contributed by atoms with Crippen LogP contribution < -0.4 is 10.0 Å². The lowest BCUT2D eigenvalue weighted by atomic mass is 10.2. The smallest absolute Gasteiger partial charge is 0.273 e. The maximum atomic E-state index is 12.4. The molecule has 2 unspecified atom stereocenters. The van der Waals surface area contributed by atoms with Gasteiger partial charge >= 0.3 is 0 Å². The van der Waals surface area contributed by atoms with Crippen molar-refractivity contribution in [3.8, 4) is 0 Å². The van der Waals surface area contributed by atoms with Gasteiger partial charge in [-0.25, -0.2) is 13.1 Å². The zero-order chi connectivity index (χ0) is 14.5. The number of rotatable bonds is 4. The summed E-state index contributed by atoms with van der Waals surface area (Å²) in [5.41, 5.74) is -0.000493. The van der Waals surface area contributed by atoms with Gasteiger partial charge in [-0.15, -0.1) is 12.4 Å². The molecule has 1 aliphatic heterocycles. The zero-order valence-electron chi connectivity index (χ0n) is 11.3. The Morgan fingerprint density at radius 1 is 1.33 bits per heavy atom. The van der Waals surface area contributed by atoms with Crippen LogP contribution >= 0.6 is 12.4 Å². The van der Waals surface area contributed by atoms with Gasteiger partial charge in [0.1, 0.15) is 0 Å². The predicted octanol–water partition coefficient (Wildman–Crippen LogP) is 0.821. The number of fused-ring (bicyclic) bond motifs is 1. The molecule has 1 saturated carbocycles. The highest BCUT2D eigenvalue weighted by molar-refractivity contribution is 7.89. The summed E-state index contributed by atoms with van der Waals surface area (Å²) in [5.74, 6) is 0.701. The van der Waals surface area contributed by atoms with Crippen molar-refractivity contribution in [2.75, 3.05) is 13.1 Å². The maximum absolute atomic E-state index is 12.4. The first kappa shape index (κ1) is 16.2. The summed E-state index contributed by atoms with van der Waals surface area (Å²) in [6.07, 6.45) is 0. The van der Waals surface area contributed by atoms with Gasteiger partial charge in [-0.3, -0.25) is 10.1 Å². The lowest BCUT2D eigenvalue weighted by Gasteiger charge is -2.11. The van der Waals surface area contributed by atoms with Gasteiger partial charge in [-0.1, -0.05) is 6.07 Å². The largest absolute Gasteiger partial charge is 0.316 e. The maximum Gasteiger partial charge on any atom is 0.273 e. The second-order valence-electron chi connectivity index (χ2n) is 5.29. The third kappa shape index (κ3) is 2.76. The molecular formula is C12H16ClN3O4S. The molecule has 2 atom stereocenters. The zero-order valence-corrected chi connectivity index (χ0v) is 12.9. The van der Waals surface area contributed by atoms with Crippen LogP contribution in [-0.2, 0) is 10.0 Å². The Balaban J connectivity index is 0.00000161. The topological polar surface area (TPSA) is 101 Å². The van der Waals surface area contributed by atoms with E-state index in [2.05, 4.69) is 10.0 Å². The van der Waals surface area contributed by atoms with Crippen molar-refractivity contribution in [3.63, 3.8) is 0 Å². The molecule has 0 aromatic heterocycles. The van der Waals surface area contributed by atoms with Gasteiger partial charge in [0.15, 0.2) is 0 Å². The fourth-order valence-corrected chi connectivity index (χ4v) is 4.53. The Labute approximate surface area is 128 Å². The van der Waals surface area contributed by atoms with Gasteiger partial charge in [0.25, 0.3) is 5.69 Å². The molecule has 21 heavy (non-hydrogen) atoms. The van der Waals surface area contributed by atoms with E-state index < -0.39 is 14.9 Å². The molecule has 3 rings (SSSR count). The fraction of sp³-hybridized carbons (Fsp3) is 0.500. The normalized spacial score (nSPS) is 26.8. The number of nitrogens with one attached hydrogen (secondary N) is 2. The Kier molecular flexibility index (Phi) is 4.25. The minimum atomic E-state index is -3.71. The first-order valence-corrected chi connectivity index (χ1v) is 7.87. The first-order valence-electron chi connectivity index (χ1n) is 6.39. The number of nitro benzene ring substituents is 1. The van der Waals surface area contributed by atoms with Crippen molar-refractivity contribution in [3.05, 3.63) is 33.9 Å². The Morgan fingerprint density at radius 2 is 1.95 bits per heavy atom. The van der Waals surface area contributed by atoms with Crippen molar-refractivity contribution in [2.24, 2.45) is 11.8 Å². The first-order chi connectivity index (χ1) is 9.42. The molecule has 116 valence electrons. The van der Waals surface area contributed by atoms with Crippen molar-refractivity contribution < 1.29 is 13.3 Å². The van der Waals surface area contributed by atoms with Gasteiger partial charge in [0.05, 0.1) is 9.82 Å². The van der Waals surface area contributed by atoms with Gasteiger partial charge in [0.2, 0.25) is 10.0 Å². The third-order valence-electron chi connectivity index (χ3n) is 4.12. The molecule has 2 aliphatic rings. The highest BCUT2D eigenvalue weighted by Crippen LogP contribution is 2.42. The summed E-state index contributed by atoms with van der Waals surface area (Å²) in [4.78, 5) is 10.3. The minimum absolute atomic E-state index is 0. The number of nitrogens with zero attached hydrogens (tertiary/aromatic N) is 1. The summed E-state index contributed by atoms with van der Waals surface area (Å²) >= 11 is 0. The van der Waals surface area contributed by atoms with Crippen LogP contribution in [0.4, 0.5) is 5.69 Å². The van der Waals surface area contributed by atoms with Crippen LogP contribution in [0.1, 0.15) is 5.56 Å². The Morgan fingerprint density at radius 3 is 2.52 bits per heavy atom. The average molecular weight is 334 g/mol. The summed E-state index contributed by atoms with van der Waals surface area (Å²) in [6.45, 7) is 3.11. The molecule has 1 aromatic carbocycles. The van der Waals surface area contributed by atoms with E-state index in [0.29, 0.717) is 11.8 Å². The van der Waals surface area contributed by atoms with Gasteiger partial charge in [0, 0.05) is 17.7 Å². The minimum Gasteiger partial charge on any atom is -0.316 e. The van der Waals surface area contributed by atoms with Crippen LogP contribution in [0.2, 0.25) is 0 Å². The Bertz CT molecular complexity index is 669. The fourth-order valence-electron chi connectivity index (χ4n) is 2.93. The number of hydrogen-bond donors (Lipinski definition) is 2. The number of hydrogen-bond acceptors (Lipinski definition) is 5. The number of halogens is 1. The average Bonchev–Trinajstić information content (AvgIpc) is 2.83. The van der Waals surface area contributed by atoms with Crippen LogP contribution in [-0.4, -0.2) is 32.5 Å². The molecule has 0 spiro atoms. The third-order valence-corrected chi connectivity index (χ3v) is 5.73. The second-order valence-corrected chi connectivity index (χ2v) is 6.97. The molecule has 1 saturated heterocycles. The summed E-state index contributed by atoms with van der Waals surface area (Å²) in [5, 5.41) is 14.1. The van der Waals surface area contributed by atoms with Crippen molar-refractivity contribution >= 4 is 28.1 Å². The van der Waals surface area contributed by atoms with Crippen LogP contribution in [0.25, 0.3) is 0 Å². The molecule has 1 aromatic rings. The van der Waals surface area contributed by atoms with E-state index in [1.54, 1.807) is 0 Å². The SMILES string of the molecule is Cc1c([N+](=O)[O-])cccc1S(=O)(=O)NC1C2CNCC21.Cl. The highest BCUT2D eigenvalue weighted by atomic mass is 35.5.